The van der Waals surface area contributed by atoms with Crippen LogP contribution in [-0.2, 0) is 11.0 Å². The monoisotopic (exact) mass is 437 g/mol. The highest BCUT2D eigenvalue weighted by molar-refractivity contribution is 5.97. The van der Waals surface area contributed by atoms with Gasteiger partial charge in [0.25, 0.3) is 0 Å². The molecule has 10 heteroatoms. The molecule has 3 amide bonds. The number of nitrogens with zero attached hydrogens (tertiary/aromatic N) is 3. The van der Waals surface area contributed by atoms with Gasteiger partial charge in [0, 0.05) is 18.8 Å². The summed E-state index contributed by atoms with van der Waals surface area (Å²) < 4.78 is 40.0. The first-order valence-electron chi connectivity index (χ1n) is 10.3. The number of carbonyl (C=O) groups excluding carboxylic acids is 2. The van der Waals surface area contributed by atoms with Gasteiger partial charge in [-0.1, -0.05) is 20.3 Å². The first kappa shape index (κ1) is 22.6. The molecule has 1 aliphatic heterocycles. The minimum Gasteiger partial charge on any atom is -0.326 e. The molecule has 7 nitrogen and oxygen atoms in total. The Morgan fingerprint density at radius 2 is 1.77 bits per heavy atom. The van der Waals surface area contributed by atoms with Gasteiger partial charge >= 0.3 is 12.2 Å². The van der Waals surface area contributed by atoms with Crippen LogP contribution in [0.5, 0.6) is 0 Å². The van der Waals surface area contributed by atoms with E-state index in [1.54, 1.807) is 4.90 Å². The van der Waals surface area contributed by atoms with Gasteiger partial charge in [0.15, 0.2) is 0 Å². The van der Waals surface area contributed by atoms with Gasteiger partial charge in [0.05, 0.1) is 11.9 Å². The third kappa shape index (κ3) is 5.36. The van der Waals surface area contributed by atoms with Crippen molar-refractivity contribution in [2.24, 2.45) is 5.92 Å². The maximum absolute atomic E-state index is 13.1. The molecule has 2 heterocycles. The molecule has 1 saturated heterocycles. The van der Waals surface area contributed by atoms with Crippen LogP contribution in [0.25, 0.3) is 5.69 Å². The van der Waals surface area contributed by atoms with Crippen molar-refractivity contribution in [3.63, 3.8) is 0 Å². The van der Waals surface area contributed by atoms with E-state index in [0.29, 0.717) is 25.2 Å². The molecule has 1 aliphatic rings. The summed E-state index contributed by atoms with van der Waals surface area (Å²) >= 11 is 0. The molecule has 0 spiro atoms. The quantitative estimate of drug-likeness (QED) is 0.716. The van der Waals surface area contributed by atoms with E-state index in [-0.39, 0.29) is 23.5 Å². The molecule has 2 N–H and O–H groups in total. The summed E-state index contributed by atoms with van der Waals surface area (Å²) in [6, 6.07) is 5.82. The number of urea groups is 1. The molecular weight excluding hydrogens is 411 g/mol. The van der Waals surface area contributed by atoms with Crippen molar-refractivity contribution in [2.45, 2.75) is 45.3 Å². The average molecular weight is 437 g/mol. The molecule has 2 aromatic rings. The molecule has 2 atom stereocenters. The van der Waals surface area contributed by atoms with Crippen LogP contribution in [0.3, 0.4) is 0 Å². The van der Waals surface area contributed by atoms with Gasteiger partial charge in [-0.15, -0.1) is 0 Å². The van der Waals surface area contributed by atoms with Crippen LogP contribution in [0.2, 0.25) is 0 Å². The second kappa shape index (κ2) is 9.40. The van der Waals surface area contributed by atoms with E-state index in [1.165, 1.54) is 24.3 Å². The first-order valence-corrected chi connectivity index (χ1v) is 10.3. The predicted molar refractivity (Wildman–Crippen MR) is 110 cm³/mol. The van der Waals surface area contributed by atoms with Crippen LogP contribution in [0, 0.1) is 5.92 Å². The fraction of sp³-hybridized carbons (Fsp3) is 0.476. The van der Waals surface area contributed by atoms with Gasteiger partial charge in [-0.25, -0.2) is 9.48 Å². The molecule has 168 valence electrons. The number of hydrogen-bond donors (Lipinski definition) is 2. The molecule has 31 heavy (non-hydrogen) atoms. The van der Waals surface area contributed by atoms with E-state index in [1.807, 2.05) is 13.8 Å². The lowest BCUT2D eigenvalue weighted by molar-refractivity contribution is -0.142. The van der Waals surface area contributed by atoms with Crippen molar-refractivity contribution in [3.8, 4) is 5.69 Å². The van der Waals surface area contributed by atoms with Crippen LogP contribution in [0.15, 0.2) is 36.5 Å². The Hall–Kier alpha value is -3.04. The molecular formula is C21H26F3N5O2. The van der Waals surface area contributed by atoms with Crippen molar-refractivity contribution in [1.82, 2.24) is 20.0 Å². The van der Waals surface area contributed by atoms with Gasteiger partial charge in [0.2, 0.25) is 5.91 Å². The third-order valence-corrected chi connectivity index (χ3v) is 5.48. The SMILES string of the molecule is CCC(C)[C@H](NC(=O)N1CCCC1)C(=O)Nc1ccc(-n2nccc2C(F)(F)F)cc1. The number of alkyl halides is 3. The number of benzene rings is 1. The highest BCUT2D eigenvalue weighted by atomic mass is 19.4. The lowest BCUT2D eigenvalue weighted by Gasteiger charge is -2.26. The summed E-state index contributed by atoms with van der Waals surface area (Å²) in [5.74, 6) is -0.464. The zero-order chi connectivity index (χ0) is 22.6. The molecule has 1 unspecified atom stereocenters. The minimum atomic E-state index is -4.53. The van der Waals surface area contributed by atoms with Crippen LogP contribution in [-0.4, -0.2) is 45.8 Å². The number of anilines is 1. The lowest BCUT2D eigenvalue weighted by atomic mass is 9.98. The fourth-order valence-electron chi connectivity index (χ4n) is 3.48. The minimum absolute atomic E-state index is 0.0933. The van der Waals surface area contributed by atoms with Gasteiger partial charge in [-0.3, -0.25) is 4.79 Å². The summed E-state index contributed by atoms with van der Waals surface area (Å²) in [6.07, 6.45) is -0.853. The van der Waals surface area contributed by atoms with Crippen molar-refractivity contribution in [1.29, 1.82) is 0 Å². The van der Waals surface area contributed by atoms with Crippen molar-refractivity contribution in [3.05, 3.63) is 42.2 Å². The summed E-state index contributed by atoms with van der Waals surface area (Å²) in [5.41, 5.74) is -0.250. The second-order valence-electron chi connectivity index (χ2n) is 7.67. The van der Waals surface area contributed by atoms with Gasteiger partial charge < -0.3 is 15.5 Å². The van der Waals surface area contributed by atoms with Gasteiger partial charge in [0.1, 0.15) is 11.7 Å². The molecule has 1 aromatic carbocycles. The standard InChI is InChI=1S/C21H26F3N5O2/c1-3-14(2)18(27-20(31)28-12-4-5-13-28)19(30)26-15-6-8-16(9-7-15)29-17(10-11-25-29)21(22,23)24/h6-11,14,18H,3-5,12-13H2,1-2H3,(H,26,30)(H,27,31)/t14?,18-/m0/s1. The maximum atomic E-state index is 13.1. The summed E-state index contributed by atoms with van der Waals surface area (Å²) in [4.78, 5) is 27.0. The topological polar surface area (TPSA) is 79.3 Å². The number of likely N-dealkylation sites (tertiary alicyclic amines) is 1. The highest BCUT2D eigenvalue weighted by Crippen LogP contribution is 2.30. The molecule has 0 radical (unpaired) electrons. The Morgan fingerprint density at radius 1 is 1.13 bits per heavy atom. The van der Waals surface area contributed by atoms with Gasteiger partial charge in [-0.05, 0) is 49.1 Å². The van der Waals surface area contributed by atoms with E-state index in [0.717, 1.165) is 29.8 Å². The fourth-order valence-corrected chi connectivity index (χ4v) is 3.48. The van der Waals surface area contributed by atoms with E-state index >= 15 is 0 Å². The normalized spacial score (nSPS) is 16.1. The van der Waals surface area contributed by atoms with Crippen LogP contribution < -0.4 is 10.6 Å². The number of amides is 3. The zero-order valence-corrected chi connectivity index (χ0v) is 17.4. The van der Waals surface area contributed by atoms with Crippen LogP contribution >= 0.6 is 0 Å². The predicted octanol–water partition coefficient (Wildman–Crippen LogP) is 4.05. The molecule has 1 aromatic heterocycles. The highest BCUT2D eigenvalue weighted by Gasteiger charge is 2.35. The summed E-state index contributed by atoms with van der Waals surface area (Å²) in [7, 11) is 0. The largest absolute Gasteiger partial charge is 0.433 e. The molecule has 1 fully saturated rings. The lowest BCUT2D eigenvalue weighted by Crippen LogP contribution is -2.51. The van der Waals surface area contributed by atoms with Gasteiger partial charge in [-0.2, -0.15) is 18.3 Å². The summed E-state index contributed by atoms with van der Waals surface area (Å²) in [6.45, 7) is 5.17. The third-order valence-electron chi connectivity index (χ3n) is 5.48. The Balaban J connectivity index is 1.70. The second-order valence-corrected chi connectivity index (χ2v) is 7.67. The zero-order valence-electron chi connectivity index (χ0n) is 17.4. The average Bonchev–Trinajstić information content (AvgIpc) is 3.43. The molecule has 0 saturated carbocycles. The Morgan fingerprint density at radius 3 is 2.35 bits per heavy atom. The first-order chi connectivity index (χ1) is 14.7. The Bertz CT molecular complexity index is 904. The number of aromatic nitrogens is 2. The number of carbonyl (C=O) groups is 2. The van der Waals surface area contributed by atoms with Crippen molar-refractivity contribution < 1.29 is 22.8 Å². The maximum Gasteiger partial charge on any atom is 0.433 e. The Kier molecular flexibility index (Phi) is 6.87. The molecule has 0 bridgehead atoms. The number of rotatable bonds is 6. The van der Waals surface area contributed by atoms with E-state index in [9.17, 15) is 22.8 Å². The number of halogens is 3. The van der Waals surface area contributed by atoms with E-state index in [2.05, 4.69) is 15.7 Å². The number of hydrogen-bond acceptors (Lipinski definition) is 3. The van der Waals surface area contributed by atoms with E-state index in [4.69, 9.17) is 0 Å². The summed E-state index contributed by atoms with van der Waals surface area (Å²) in [5, 5.41) is 9.30. The number of nitrogens with one attached hydrogen (secondary N) is 2. The van der Waals surface area contributed by atoms with Crippen molar-refractivity contribution in [2.75, 3.05) is 18.4 Å². The Labute approximate surface area is 178 Å². The molecule has 0 aliphatic carbocycles. The van der Waals surface area contributed by atoms with Crippen LogP contribution in [0.4, 0.5) is 23.7 Å². The smallest absolute Gasteiger partial charge is 0.326 e. The van der Waals surface area contributed by atoms with E-state index < -0.39 is 17.9 Å². The molecule has 3 rings (SSSR count). The van der Waals surface area contributed by atoms with Crippen LogP contribution in [0.1, 0.15) is 38.8 Å². The van der Waals surface area contributed by atoms with Crippen molar-refractivity contribution >= 4 is 17.6 Å².